The van der Waals surface area contributed by atoms with Crippen molar-refractivity contribution in [2.45, 2.75) is 6.92 Å². The molecule has 0 aliphatic heterocycles. The molecule has 1 aromatic carbocycles. The lowest BCUT2D eigenvalue weighted by Gasteiger charge is -2.11. The Kier molecular flexibility index (Phi) is 5.37. The van der Waals surface area contributed by atoms with Crippen molar-refractivity contribution >= 4 is 23.5 Å². The fourth-order valence-corrected chi connectivity index (χ4v) is 1.89. The summed E-state index contributed by atoms with van der Waals surface area (Å²) in [6, 6.07) is 5.46. The minimum absolute atomic E-state index is 0.0119. The van der Waals surface area contributed by atoms with Crippen LogP contribution in [0.2, 0.25) is 5.02 Å². The van der Waals surface area contributed by atoms with E-state index in [4.69, 9.17) is 21.1 Å². The van der Waals surface area contributed by atoms with Crippen molar-refractivity contribution in [3.05, 3.63) is 45.3 Å². The molecule has 1 aromatic heterocycles. The maximum absolute atomic E-state index is 11.3. The predicted molar refractivity (Wildman–Crippen MR) is 85.2 cm³/mol. The maximum atomic E-state index is 11.3. The number of rotatable bonds is 6. The highest BCUT2D eigenvalue weighted by Crippen LogP contribution is 2.29. The van der Waals surface area contributed by atoms with Crippen molar-refractivity contribution in [2.75, 3.05) is 19.1 Å². The summed E-state index contributed by atoms with van der Waals surface area (Å²) < 4.78 is 10.8. The standard InChI is InChI=1S/C14H15ClN4O3/c1-3-22-11-6-4-5-9(13(11)21-2)7-16-18-10-8-17-19-14(20)12(10)15/h4-8H,3H2,1-2H3,(H2,18,19,20)/b16-7-. The summed E-state index contributed by atoms with van der Waals surface area (Å²) in [4.78, 5) is 11.3. The number of benzene rings is 1. The van der Waals surface area contributed by atoms with Gasteiger partial charge in [0.2, 0.25) is 0 Å². The minimum Gasteiger partial charge on any atom is -0.492 e. The number of hydrogen-bond donors (Lipinski definition) is 2. The zero-order chi connectivity index (χ0) is 15.9. The number of nitrogens with one attached hydrogen (secondary N) is 2. The topological polar surface area (TPSA) is 88.6 Å². The Morgan fingerprint density at radius 1 is 1.50 bits per heavy atom. The van der Waals surface area contributed by atoms with Gasteiger partial charge in [-0.25, -0.2) is 5.10 Å². The molecule has 0 aliphatic carbocycles. The van der Waals surface area contributed by atoms with Crippen molar-refractivity contribution < 1.29 is 9.47 Å². The Morgan fingerprint density at radius 2 is 2.32 bits per heavy atom. The Labute approximate surface area is 131 Å². The summed E-state index contributed by atoms with van der Waals surface area (Å²) in [6.45, 7) is 2.42. The van der Waals surface area contributed by atoms with E-state index in [1.807, 2.05) is 25.1 Å². The van der Waals surface area contributed by atoms with Gasteiger partial charge in [-0.1, -0.05) is 17.7 Å². The van der Waals surface area contributed by atoms with Crippen molar-refractivity contribution in [2.24, 2.45) is 5.10 Å². The van der Waals surface area contributed by atoms with Crippen molar-refractivity contribution in [3.63, 3.8) is 0 Å². The lowest BCUT2D eigenvalue weighted by Crippen LogP contribution is -2.10. The third-order valence-electron chi connectivity index (χ3n) is 2.70. The monoisotopic (exact) mass is 322 g/mol. The van der Waals surface area contributed by atoms with Crippen LogP contribution in [0.4, 0.5) is 5.69 Å². The molecule has 8 heteroatoms. The average molecular weight is 323 g/mol. The zero-order valence-corrected chi connectivity index (χ0v) is 12.8. The van der Waals surface area contributed by atoms with Crippen LogP contribution < -0.4 is 20.5 Å². The van der Waals surface area contributed by atoms with Crippen LogP contribution in [-0.4, -0.2) is 30.1 Å². The van der Waals surface area contributed by atoms with Gasteiger partial charge in [-0.2, -0.15) is 10.2 Å². The third-order valence-corrected chi connectivity index (χ3v) is 3.07. The van der Waals surface area contributed by atoms with Crippen LogP contribution in [0.15, 0.2) is 34.3 Å². The fourth-order valence-electron chi connectivity index (χ4n) is 1.75. The number of aromatic nitrogens is 2. The molecular formula is C14H15ClN4O3. The van der Waals surface area contributed by atoms with Crippen molar-refractivity contribution in [1.29, 1.82) is 0 Å². The molecule has 7 nitrogen and oxygen atoms in total. The molecule has 0 spiro atoms. The van der Waals surface area contributed by atoms with E-state index in [1.165, 1.54) is 6.20 Å². The lowest BCUT2D eigenvalue weighted by molar-refractivity contribution is 0.311. The van der Waals surface area contributed by atoms with Crippen LogP contribution in [0.5, 0.6) is 11.5 Å². The Hall–Kier alpha value is -2.54. The molecule has 0 fully saturated rings. The van der Waals surface area contributed by atoms with Crippen LogP contribution in [0.3, 0.4) is 0 Å². The molecule has 0 saturated carbocycles. The summed E-state index contributed by atoms with van der Waals surface area (Å²) in [7, 11) is 1.56. The lowest BCUT2D eigenvalue weighted by atomic mass is 10.2. The number of H-pyrrole nitrogens is 1. The quantitative estimate of drug-likeness (QED) is 0.629. The van der Waals surface area contributed by atoms with Crippen LogP contribution in [0.1, 0.15) is 12.5 Å². The third kappa shape index (κ3) is 3.56. The molecule has 0 amide bonds. The first-order valence-corrected chi connectivity index (χ1v) is 6.87. The van der Waals surface area contributed by atoms with Crippen LogP contribution in [0, 0.1) is 0 Å². The van der Waals surface area contributed by atoms with E-state index in [2.05, 4.69) is 20.7 Å². The molecule has 0 bridgehead atoms. The molecule has 0 radical (unpaired) electrons. The number of halogens is 1. The van der Waals surface area contributed by atoms with Crippen LogP contribution >= 0.6 is 11.6 Å². The van der Waals surface area contributed by atoms with E-state index in [1.54, 1.807) is 13.3 Å². The summed E-state index contributed by atoms with van der Waals surface area (Å²) in [6.07, 6.45) is 2.91. The van der Waals surface area contributed by atoms with E-state index in [9.17, 15) is 4.79 Å². The maximum Gasteiger partial charge on any atom is 0.285 e. The van der Waals surface area contributed by atoms with Gasteiger partial charge in [0.05, 0.1) is 26.1 Å². The Morgan fingerprint density at radius 3 is 3.05 bits per heavy atom. The van der Waals surface area contributed by atoms with Crippen molar-refractivity contribution in [3.8, 4) is 11.5 Å². The summed E-state index contributed by atoms with van der Waals surface area (Å²) in [5.41, 5.74) is 3.20. The first kappa shape index (κ1) is 15.8. The van der Waals surface area contributed by atoms with Gasteiger partial charge < -0.3 is 9.47 Å². The van der Waals surface area contributed by atoms with E-state index >= 15 is 0 Å². The van der Waals surface area contributed by atoms with Gasteiger partial charge >= 0.3 is 0 Å². The number of methoxy groups -OCH3 is 1. The Balaban J connectivity index is 2.21. The first-order chi connectivity index (χ1) is 10.7. The molecule has 22 heavy (non-hydrogen) atoms. The second kappa shape index (κ2) is 7.46. The van der Waals surface area contributed by atoms with Gasteiger partial charge in [-0.3, -0.25) is 10.2 Å². The molecule has 0 unspecified atom stereocenters. The average Bonchev–Trinajstić information content (AvgIpc) is 2.52. The summed E-state index contributed by atoms with van der Waals surface area (Å²) in [5, 5.41) is 9.89. The number of nitrogens with zero attached hydrogens (tertiary/aromatic N) is 2. The predicted octanol–water partition coefficient (Wildman–Crippen LogP) is 2.28. The van der Waals surface area contributed by atoms with Gasteiger partial charge in [0, 0.05) is 5.56 Å². The van der Waals surface area contributed by atoms with Gasteiger partial charge in [-0.05, 0) is 19.1 Å². The number of anilines is 1. The SMILES string of the molecule is CCOc1cccc(/C=N\Nc2cn[nH]c(=O)c2Cl)c1OC. The molecule has 0 atom stereocenters. The normalized spacial score (nSPS) is 10.7. The second-order valence-electron chi connectivity index (χ2n) is 4.11. The van der Waals surface area contributed by atoms with Gasteiger partial charge in [0.15, 0.2) is 11.5 Å². The first-order valence-electron chi connectivity index (χ1n) is 6.49. The fraction of sp³-hybridized carbons (Fsp3) is 0.214. The molecule has 2 rings (SSSR count). The largest absolute Gasteiger partial charge is 0.492 e. The van der Waals surface area contributed by atoms with Crippen LogP contribution in [-0.2, 0) is 0 Å². The second-order valence-corrected chi connectivity index (χ2v) is 4.49. The zero-order valence-electron chi connectivity index (χ0n) is 12.1. The van der Waals surface area contributed by atoms with E-state index in [-0.39, 0.29) is 5.02 Å². The highest BCUT2D eigenvalue weighted by molar-refractivity contribution is 6.32. The molecule has 2 N–H and O–H groups in total. The molecule has 116 valence electrons. The number of hydrazone groups is 1. The van der Waals surface area contributed by atoms with Gasteiger partial charge in [0.1, 0.15) is 10.7 Å². The molecule has 0 aliphatic rings. The van der Waals surface area contributed by atoms with Gasteiger partial charge in [0.25, 0.3) is 5.56 Å². The number of ether oxygens (including phenoxy) is 2. The number of para-hydroxylation sites is 1. The highest BCUT2D eigenvalue weighted by atomic mass is 35.5. The molecule has 1 heterocycles. The van der Waals surface area contributed by atoms with Crippen molar-refractivity contribution in [1.82, 2.24) is 10.2 Å². The highest BCUT2D eigenvalue weighted by Gasteiger charge is 2.08. The smallest absolute Gasteiger partial charge is 0.285 e. The molecular weight excluding hydrogens is 308 g/mol. The number of hydrogen-bond acceptors (Lipinski definition) is 6. The van der Waals surface area contributed by atoms with E-state index < -0.39 is 5.56 Å². The molecule has 2 aromatic rings. The van der Waals surface area contributed by atoms with Crippen LogP contribution in [0.25, 0.3) is 0 Å². The summed E-state index contributed by atoms with van der Waals surface area (Å²) >= 11 is 5.84. The summed E-state index contributed by atoms with van der Waals surface area (Å²) in [5.74, 6) is 1.20. The Bertz CT molecular complexity index is 730. The van der Waals surface area contributed by atoms with E-state index in [0.29, 0.717) is 23.8 Å². The molecule has 0 saturated heterocycles. The van der Waals surface area contributed by atoms with E-state index in [0.717, 1.165) is 5.56 Å². The van der Waals surface area contributed by atoms with Gasteiger partial charge in [-0.15, -0.1) is 0 Å². The number of aromatic amines is 1. The minimum atomic E-state index is -0.488.